The van der Waals surface area contributed by atoms with E-state index in [9.17, 15) is 23.7 Å². The number of hydrogen-bond acceptors (Lipinski definition) is 4. The summed E-state index contributed by atoms with van der Waals surface area (Å²) in [6.07, 6.45) is 5.20. The molecule has 1 saturated carbocycles. The molecular weight excluding hydrogens is 284 g/mol. The van der Waals surface area contributed by atoms with Gasteiger partial charge in [0.25, 0.3) is 0 Å². The van der Waals surface area contributed by atoms with Gasteiger partial charge < -0.3 is 4.74 Å². The molecule has 0 saturated heterocycles. The first kappa shape index (κ1) is 15.3. The van der Waals surface area contributed by atoms with Crippen LogP contribution in [0.25, 0.3) is 0 Å². The fourth-order valence-corrected chi connectivity index (χ4v) is 2.46. The molecule has 1 aliphatic carbocycles. The van der Waals surface area contributed by atoms with Crippen molar-refractivity contribution in [3.63, 3.8) is 0 Å². The van der Waals surface area contributed by atoms with Crippen LogP contribution in [-0.4, -0.2) is 17.5 Å². The SMILES string of the molecule is O=C(OCC1CCCCC1)c1cc(F)c([N+](=O)[O-])cc1F. The minimum atomic E-state index is -1.26. The standard InChI is InChI=1S/C14H15F2NO4/c15-11-7-13(17(19)20)12(16)6-10(11)14(18)21-8-9-4-2-1-3-5-9/h6-7,9H,1-5,8H2. The van der Waals surface area contributed by atoms with Gasteiger partial charge in [0.1, 0.15) is 5.82 Å². The Bertz CT molecular complexity index is 556. The van der Waals surface area contributed by atoms with Gasteiger partial charge in [-0.25, -0.2) is 9.18 Å². The van der Waals surface area contributed by atoms with E-state index in [-0.39, 0.29) is 12.5 Å². The second-order valence-electron chi connectivity index (χ2n) is 5.14. The number of nitrogens with zero attached hydrogens (tertiary/aromatic N) is 1. The molecule has 0 amide bonds. The quantitative estimate of drug-likeness (QED) is 0.484. The van der Waals surface area contributed by atoms with Crippen LogP contribution in [-0.2, 0) is 4.74 Å². The van der Waals surface area contributed by atoms with Crippen LogP contribution < -0.4 is 0 Å². The second kappa shape index (κ2) is 6.60. The molecule has 0 heterocycles. The molecular formula is C14H15F2NO4. The van der Waals surface area contributed by atoms with Crippen LogP contribution in [0.4, 0.5) is 14.5 Å². The van der Waals surface area contributed by atoms with Gasteiger partial charge in [0.2, 0.25) is 5.82 Å². The molecule has 1 fully saturated rings. The molecule has 0 atom stereocenters. The van der Waals surface area contributed by atoms with Crippen LogP contribution in [0.3, 0.4) is 0 Å². The van der Waals surface area contributed by atoms with E-state index >= 15 is 0 Å². The molecule has 0 aromatic heterocycles. The van der Waals surface area contributed by atoms with Crippen LogP contribution in [0, 0.1) is 27.7 Å². The lowest BCUT2D eigenvalue weighted by Gasteiger charge is -2.21. The molecule has 2 rings (SSSR count). The van der Waals surface area contributed by atoms with Gasteiger partial charge >= 0.3 is 11.7 Å². The highest BCUT2D eigenvalue weighted by Gasteiger charge is 2.24. The Balaban J connectivity index is 2.05. The Kier molecular flexibility index (Phi) is 4.82. The third kappa shape index (κ3) is 3.74. The number of hydrogen-bond donors (Lipinski definition) is 0. The van der Waals surface area contributed by atoms with Crippen molar-refractivity contribution in [3.05, 3.63) is 39.4 Å². The molecule has 1 aromatic rings. The number of halogens is 2. The summed E-state index contributed by atoms with van der Waals surface area (Å²) in [5.74, 6) is -3.16. The minimum absolute atomic E-state index is 0.164. The van der Waals surface area contributed by atoms with E-state index in [0.29, 0.717) is 12.1 Å². The predicted molar refractivity (Wildman–Crippen MR) is 69.9 cm³/mol. The molecule has 0 N–H and O–H groups in total. The van der Waals surface area contributed by atoms with Gasteiger partial charge in [-0.15, -0.1) is 0 Å². The predicted octanol–water partition coefficient (Wildman–Crippen LogP) is 3.61. The van der Waals surface area contributed by atoms with Gasteiger partial charge in [-0.1, -0.05) is 19.3 Å². The molecule has 0 unspecified atom stereocenters. The summed E-state index contributed by atoms with van der Waals surface area (Å²) in [7, 11) is 0. The van der Waals surface area contributed by atoms with Crippen molar-refractivity contribution in [2.24, 2.45) is 5.92 Å². The number of esters is 1. The molecule has 0 aliphatic heterocycles. The van der Waals surface area contributed by atoms with Crippen molar-refractivity contribution < 1.29 is 23.2 Å². The van der Waals surface area contributed by atoms with Crippen molar-refractivity contribution in [1.29, 1.82) is 0 Å². The molecule has 1 aromatic carbocycles. The number of ether oxygens (including phenoxy) is 1. The van der Waals surface area contributed by atoms with Crippen LogP contribution in [0.5, 0.6) is 0 Å². The van der Waals surface area contributed by atoms with Crippen molar-refractivity contribution >= 4 is 11.7 Å². The van der Waals surface area contributed by atoms with Gasteiger partial charge in [-0.3, -0.25) is 10.1 Å². The molecule has 5 nitrogen and oxygen atoms in total. The van der Waals surface area contributed by atoms with Crippen molar-refractivity contribution in [2.45, 2.75) is 32.1 Å². The second-order valence-corrected chi connectivity index (χ2v) is 5.14. The fraction of sp³-hybridized carbons (Fsp3) is 0.500. The number of benzene rings is 1. The number of nitro benzene ring substituents is 1. The van der Waals surface area contributed by atoms with E-state index in [1.807, 2.05) is 0 Å². The number of nitro groups is 1. The monoisotopic (exact) mass is 299 g/mol. The summed E-state index contributed by atoms with van der Waals surface area (Å²) in [6.45, 7) is 0.164. The lowest BCUT2D eigenvalue weighted by atomic mass is 9.90. The summed E-state index contributed by atoms with van der Waals surface area (Å²) in [6, 6.07) is 0.906. The lowest BCUT2D eigenvalue weighted by Crippen LogP contribution is -2.17. The van der Waals surface area contributed by atoms with E-state index in [0.717, 1.165) is 32.1 Å². The third-order valence-corrected chi connectivity index (χ3v) is 3.63. The van der Waals surface area contributed by atoms with Gasteiger partial charge in [0.05, 0.1) is 23.2 Å². The van der Waals surface area contributed by atoms with E-state index < -0.39 is 33.8 Å². The zero-order valence-electron chi connectivity index (χ0n) is 11.3. The average molecular weight is 299 g/mol. The molecule has 1 aliphatic rings. The average Bonchev–Trinajstić information content (AvgIpc) is 2.47. The van der Waals surface area contributed by atoms with E-state index in [4.69, 9.17) is 4.74 Å². The van der Waals surface area contributed by atoms with Crippen LogP contribution in [0.1, 0.15) is 42.5 Å². The fourth-order valence-electron chi connectivity index (χ4n) is 2.46. The van der Waals surface area contributed by atoms with E-state index in [2.05, 4.69) is 0 Å². The zero-order valence-corrected chi connectivity index (χ0v) is 11.3. The Hall–Kier alpha value is -2.05. The summed E-state index contributed by atoms with van der Waals surface area (Å²) in [4.78, 5) is 21.2. The van der Waals surface area contributed by atoms with Gasteiger partial charge in [-0.2, -0.15) is 4.39 Å². The van der Waals surface area contributed by atoms with E-state index in [1.165, 1.54) is 0 Å². The molecule has 7 heteroatoms. The first-order valence-electron chi connectivity index (χ1n) is 6.79. The summed E-state index contributed by atoms with van der Waals surface area (Å²) in [5.41, 5.74) is -1.62. The maximum absolute atomic E-state index is 13.6. The first-order valence-corrected chi connectivity index (χ1v) is 6.79. The number of carbonyl (C=O) groups excluding carboxylic acids is 1. The summed E-state index contributed by atoms with van der Waals surface area (Å²) < 4.78 is 32.0. The van der Waals surface area contributed by atoms with Crippen LogP contribution >= 0.6 is 0 Å². The molecule has 114 valence electrons. The maximum Gasteiger partial charge on any atom is 0.341 e. The maximum atomic E-state index is 13.6. The molecule has 0 spiro atoms. The van der Waals surface area contributed by atoms with Crippen molar-refractivity contribution in [1.82, 2.24) is 0 Å². The third-order valence-electron chi connectivity index (χ3n) is 3.63. The summed E-state index contributed by atoms with van der Waals surface area (Å²) >= 11 is 0. The largest absolute Gasteiger partial charge is 0.462 e. The molecule has 21 heavy (non-hydrogen) atoms. The van der Waals surface area contributed by atoms with E-state index in [1.54, 1.807) is 0 Å². The lowest BCUT2D eigenvalue weighted by molar-refractivity contribution is -0.387. The first-order chi connectivity index (χ1) is 9.99. The highest BCUT2D eigenvalue weighted by molar-refractivity contribution is 5.90. The van der Waals surface area contributed by atoms with Crippen molar-refractivity contribution in [2.75, 3.05) is 6.61 Å². The Labute approximate surface area is 120 Å². The number of rotatable bonds is 4. The molecule has 0 radical (unpaired) electrons. The summed E-state index contributed by atoms with van der Waals surface area (Å²) in [5, 5.41) is 10.5. The normalized spacial score (nSPS) is 15.7. The van der Waals surface area contributed by atoms with Crippen molar-refractivity contribution in [3.8, 4) is 0 Å². The number of carbonyl (C=O) groups is 1. The minimum Gasteiger partial charge on any atom is -0.462 e. The molecule has 0 bridgehead atoms. The van der Waals surface area contributed by atoms with Gasteiger partial charge in [-0.05, 0) is 24.8 Å². The Morgan fingerprint density at radius 2 is 1.90 bits per heavy atom. The highest BCUT2D eigenvalue weighted by Crippen LogP contribution is 2.25. The van der Waals surface area contributed by atoms with Crippen LogP contribution in [0.15, 0.2) is 12.1 Å². The Morgan fingerprint density at radius 1 is 1.24 bits per heavy atom. The smallest absolute Gasteiger partial charge is 0.341 e. The van der Waals surface area contributed by atoms with Gasteiger partial charge in [0.15, 0.2) is 0 Å². The Morgan fingerprint density at radius 3 is 2.52 bits per heavy atom. The van der Waals surface area contributed by atoms with Crippen LogP contribution in [0.2, 0.25) is 0 Å². The topological polar surface area (TPSA) is 69.4 Å². The zero-order chi connectivity index (χ0) is 15.4. The highest BCUT2D eigenvalue weighted by atomic mass is 19.1. The van der Waals surface area contributed by atoms with Gasteiger partial charge in [0, 0.05) is 0 Å².